The molecule has 0 aliphatic heterocycles. The molecule has 6 heteroatoms. The third-order valence-electron chi connectivity index (χ3n) is 13.4. The van der Waals surface area contributed by atoms with Crippen LogP contribution in [0.3, 0.4) is 0 Å². The second kappa shape index (κ2) is 51.4. The summed E-state index contributed by atoms with van der Waals surface area (Å²) in [6, 6.07) is 0. The molecule has 6 nitrogen and oxygen atoms in total. The van der Waals surface area contributed by atoms with E-state index < -0.39 is 6.10 Å². The fourth-order valence-corrected chi connectivity index (χ4v) is 8.72. The summed E-state index contributed by atoms with van der Waals surface area (Å²) in [5.41, 5.74) is 0. The zero-order valence-electron chi connectivity index (χ0n) is 43.0. The van der Waals surface area contributed by atoms with E-state index in [4.69, 9.17) is 14.2 Å². The van der Waals surface area contributed by atoms with Gasteiger partial charge in [0.15, 0.2) is 6.10 Å². The van der Waals surface area contributed by atoms with Crippen LogP contribution in [0.1, 0.15) is 323 Å². The molecule has 0 fully saturated rings. The van der Waals surface area contributed by atoms with Crippen molar-refractivity contribution in [3.8, 4) is 0 Å². The van der Waals surface area contributed by atoms with Crippen molar-refractivity contribution in [2.24, 2.45) is 5.92 Å². The Hall–Kier alpha value is -1.59. The van der Waals surface area contributed by atoms with Gasteiger partial charge in [-0.25, -0.2) is 0 Å². The average Bonchev–Trinajstić information content (AvgIpc) is 3.28. The molecule has 374 valence electrons. The maximum atomic E-state index is 12.8. The van der Waals surface area contributed by atoms with Gasteiger partial charge in [-0.2, -0.15) is 0 Å². The van der Waals surface area contributed by atoms with Crippen molar-refractivity contribution in [2.75, 3.05) is 13.2 Å². The summed E-state index contributed by atoms with van der Waals surface area (Å²) in [4.78, 5) is 38.0. The summed E-state index contributed by atoms with van der Waals surface area (Å²) in [6.07, 6.45) is 55.2. The van der Waals surface area contributed by atoms with E-state index >= 15 is 0 Å². The number of carbonyl (C=O) groups is 3. The number of hydrogen-bond donors (Lipinski definition) is 0. The molecule has 0 aliphatic rings. The van der Waals surface area contributed by atoms with E-state index in [9.17, 15) is 14.4 Å². The molecule has 0 radical (unpaired) electrons. The molecule has 0 aromatic rings. The number of rotatable bonds is 52. The SMILES string of the molecule is CCCCCCCCCCCCCCCCCCCC(=O)OC[C@H](COC(=O)CCCCCCCCCCCCCCCCC(C)CC)OC(=O)CCCCCCCCCCCC. The summed E-state index contributed by atoms with van der Waals surface area (Å²) in [5, 5.41) is 0. The van der Waals surface area contributed by atoms with E-state index in [2.05, 4.69) is 27.7 Å². The Balaban J connectivity index is 4.22. The predicted molar refractivity (Wildman–Crippen MR) is 270 cm³/mol. The van der Waals surface area contributed by atoms with Gasteiger partial charge in [0.05, 0.1) is 0 Å². The molecule has 0 aromatic carbocycles. The highest BCUT2D eigenvalue weighted by molar-refractivity contribution is 5.71. The molecule has 0 N–H and O–H groups in total. The van der Waals surface area contributed by atoms with Gasteiger partial charge in [0.1, 0.15) is 13.2 Å². The van der Waals surface area contributed by atoms with Gasteiger partial charge in [-0.05, 0) is 25.2 Å². The first-order valence-corrected chi connectivity index (χ1v) is 28.4. The van der Waals surface area contributed by atoms with Crippen LogP contribution in [-0.2, 0) is 28.6 Å². The zero-order chi connectivity index (χ0) is 45.9. The maximum absolute atomic E-state index is 12.8. The number of ether oxygens (including phenoxy) is 3. The van der Waals surface area contributed by atoms with E-state index in [1.165, 1.54) is 218 Å². The molecular formula is C57H110O6. The van der Waals surface area contributed by atoms with Gasteiger partial charge in [-0.1, -0.05) is 285 Å². The van der Waals surface area contributed by atoms with Crippen LogP contribution >= 0.6 is 0 Å². The molecule has 0 saturated carbocycles. The van der Waals surface area contributed by atoms with Crippen molar-refractivity contribution < 1.29 is 28.6 Å². The van der Waals surface area contributed by atoms with Crippen LogP contribution in [0, 0.1) is 5.92 Å². The Morgan fingerprint density at radius 1 is 0.317 bits per heavy atom. The fourth-order valence-electron chi connectivity index (χ4n) is 8.72. The third kappa shape index (κ3) is 49.7. The van der Waals surface area contributed by atoms with E-state index in [1.54, 1.807) is 0 Å². The Kier molecular flexibility index (Phi) is 50.1. The largest absolute Gasteiger partial charge is 0.462 e. The second-order valence-electron chi connectivity index (χ2n) is 19.8. The smallest absolute Gasteiger partial charge is 0.306 e. The van der Waals surface area contributed by atoms with Crippen molar-refractivity contribution in [1.29, 1.82) is 0 Å². The van der Waals surface area contributed by atoms with Crippen LogP contribution in [0.5, 0.6) is 0 Å². The molecule has 0 bridgehead atoms. The first-order valence-electron chi connectivity index (χ1n) is 28.4. The van der Waals surface area contributed by atoms with E-state index in [-0.39, 0.29) is 31.1 Å². The maximum Gasteiger partial charge on any atom is 0.306 e. The van der Waals surface area contributed by atoms with E-state index in [1.807, 2.05) is 0 Å². The first-order chi connectivity index (χ1) is 30.9. The number of carbonyl (C=O) groups excluding carboxylic acids is 3. The molecule has 0 heterocycles. The highest BCUT2D eigenvalue weighted by Gasteiger charge is 2.19. The van der Waals surface area contributed by atoms with Crippen LogP contribution in [0.4, 0.5) is 0 Å². The summed E-state index contributed by atoms with van der Waals surface area (Å²) in [7, 11) is 0. The summed E-state index contributed by atoms with van der Waals surface area (Å²) < 4.78 is 16.8. The van der Waals surface area contributed by atoms with Gasteiger partial charge in [-0.15, -0.1) is 0 Å². The van der Waals surface area contributed by atoms with Crippen molar-refractivity contribution in [2.45, 2.75) is 329 Å². The van der Waals surface area contributed by atoms with Gasteiger partial charge >= 0.3 is 17.9 Å². The van der Waals surface area contributed by atoms with Crippen LogP contribution in [0.25, 0.3) is 0 Å². The molecule has 0 aliphatic carbocycles. The monoisotopic (exact) mass is 891 g/mol. The topological polar surface area (TPSA) is 78.9 Å². The lowest BCUT2D eigenvalue weighted by molar-refractivity contribution is -0.167. The van der Waals surface area contributed by atoms with Crippen molar-refractivity contribution in [3.63, 3.8) is 0 Å². The molecule has 0 saturated heterocycles. The van der Waals surface area contributed by atoms with Crippen LogP contribution < -0.4 is 0 Å². The quantitative estimate of drug-likeness (QED) is 0.0344. The number of unbranched alkanes of at least 4 members (excludes halogenated alkanes) is 38. The Morgan fingerprint density at radius 3 is 0.825 bits per heavy atom. The molecule has 0 aromatic heterocycles. The summed E-state index contributed by atoms with van der Waals surface area (Å²) in [5.74, 6) is 0.0568. The average molecular weight is 892 g/mol. The normalized spacial score (nSPS) is 12.4. The van der Waals surface area contributed by atoms with Crippen molar-refractivity contribution >= 4 is 17.9 Å². The molecular weight excluding hydrogens is 781 g/mol. The summed E-state index contributed by atoms with van der Waals surface area (Å²) in [6.45, 7) is 9.08. The minimum absolute atomic E-state index is 0.0621. The van der Waals surface area contributed by atoms with Crippen molar-refractivity contribution in [3.05, 3.63) is 0 Å². The Bertz CT molecular complexity index is 951. The molecule has 1 unspecified atom stereocenters. The van der Waals surface area contributed by atoms with Gasteiger partial charge in [-0.3, -0.25) is 14.4 Å². The van der Waals surface area contributed by atoms with Gasteiger partial charge in [0.25, 0.3) is 0 Å². The Morgan fingerprint density at radius 2 is 0.556 bits per heavy atom. The van der Waals surface area contributed by atoms with Crippen molar-refractivity contribution in [1.82, 2.24) is 0 Å². The third-order valence-corrected chi connectivity index (χ3v) is 13.4. The molecule has 0 spiro atoms. The molecule has 2 atom stereocenters. The minimum Gasteiger partial charge on any atom is -0.462 e. The lowest BCUT2D eigenvalue weighted by Gasteiger charge is -2.18. The predicted octanol–water partition coefficient (Wildman–Crippen LogP) is 18.6. The summed E-state index contributed by atoms with van der Waals surface area (Å²) >= 11 is 0. The van der Waals surface area contributed by atoms with Crippen LogP contribution in [-0.4, -0.2) is 37.2 Å². The van der Waals surface area contributed by atoms with E-state index in [0.29, 0.717) is 19.3 Å². The highest BCUT2D eigenvalue weighted by atomic mass is 16.6. The zero-order valence-corrected chi connectivity index (χ0v) is 43.0. The fraction of sp³-hybridized carbons (Fsp3) is 0.947. The molecule has 0 amide bonds. The molecule has 63 heavy (non-hydrogen) atoms. The molecule has 0 rings (SSSR count). The number of esters is 3. The van der Waals surface area contributed by atoms with Gasteiger partial charge < -0.3 is 14.2 Å². The van der Waals surface area contributed by atoms with Gasteiger partial charge in [0.2, 0.25) is 0 Å². The van der Waals surface area contributed by atoms with Crippen LogP contribution in [0.2, 0.25) is 0 Å². The minimum atomic E-state index is -0.761. The van der Waals surface area contributed by atoms with Gasteiger partial charge in [0, 0.05) is 19.3 Å². The number of hydrogen-bond acceptors (Lipinski definition) is 6. The highest BCUT2D eigenvalue weighted by Crippen LogP contribution is 2.18. The standard InChI is InChI=1S/C57H110O6/c1-5-8-10-12-14-16-18-19-20-21-22-26-29-33-36-40-44-48-55(58)61-51-54(63-57(60)50-46-42-38-32-17-15-13-11-9-6-2)52-62-56(59)49-45-41-37-34-30-27-24-23-25-28-31-35-39-43-47-53(4)7-3/h53-54H,5-52H2,1-4H3/t53?,54-/m1/s1. The Labute approximate surface area is 393 Å². The van der Waals surface area contributed by atoms with E-state index in [0.717, 1.165) is 63.7 Å². The van der Waals surface area contributed by atoms with Crippen LogP contribution in [0.15, 0.2) is 0 Å². The lowest BCUT2D eigenvalue weighted by Crippen LogP contribution is -2.30. The lowest BCUT2D eigenvalue weighted by atomic mass is 9.99. The second-order valence-corrected chi connectivity index (χ2v) is 19.8. The first kappa shape index (κ1) is 61.4.